The second kappa shape index (κ2) is 18.3. The fraction of sp³-hybridized carbons (Fsp3) is 0.139. The van der Waals surface area contributed by atoms with Crippen LogP contribution in [0, 0.1) is 0 Å². The van der Waals surface area contributed by atoms with Crippen LogP contribution in [-0.4, -0.2) is 4.40 Å². The maximum atomic E-state index is 2.64. The van der Waals surface area contributed by atoms with Gasteiger partial charge in [-0.05, 0) is 149 Å². The Balaban J connectivity index is 0.990. The molecule has 3 heteroatoms. The lowest BCUT2D eigenvalue weighted by Gasteiger charge is -2.30. The number of benzene rings is 12. The summed E-state index contributed by atoms with van der Waals surface area (Å²) in [5, 5.41) is 11.1. The zero-order valence-electron chi connectivity index (χ0n) is 48.0. The van der Waals surface area contributed by atoms with E-state index in [0.29, 0.717) is 0 Å². The normalized spacial score (nSPS) is 13.2. The van der Waals surface area contributed by atoms with E-state index >= 15 is 0 Å². The molecule has 0 radical (unpaired) electrons. The van der Waals surface area contributed by atoms with Crippen molar-refractivity contribution in [2.45, 2.75) is 71.6 Å². The maximum Gasteiger partial charge on any atom is 0.0645 e. The highest BCUT2D eigenvalue weighted by Crippen LogP contribution is 2.60. The fourth-order valence-electron chi connectivity index (χ4n) is 13.7. The molecule has 1 aliphatic rings. The third-order valence-electron chi connectivity index (χ3n) is 18.0. The maximum absolute atomic E-state index is 2.64. The van der Waals surface area contributed by atoms with Crippen molar-refractivity contribution < 1.29 is 0 Å². The summed E-state index contributed by atoms with van der Waals surface area (Å²) < 4.78 is 2.64. The van der Waals surface area contributed by atoms with Gasteiger partial charge < -0.3 is 14.2 Å². The number of fused-ring (bicyclic) bond motifs is 12. The van der Waals surface area contributed by atoms with Gasteiger partial charge in [0.25, 0.3) is 0 Å². The molecule has 0 spiro atoms. The molecule has 0 bridgehead atoms. The third-order valence-corrected chi connectivity index (χ3v) is 18.0. The summed E-state index contributed by atoms with van der Waals surface area (Å²) in [5.74, 6) is 0. The van der Waals surface area contributed by atoms with Crippen molar-refractivity contribution in [3.8, 4) is 33.5 Å². The molecule has 0 N–H and O–H groups in total. The van der Waals surface area contributed by atoms with Gasteiger partial charge in [-0.2, -0.15) is 0 Å². The van der Waals surface area contributed by atoms with Crippen molar-refractivity contribution in [3.63, 3.8) is 0 Å². The van der Waals surface area contributed by atoms with Crippen molar-refractivity contribution in [1.82, 2.24) is 4.40 Å². The summed E-state index contributed by atoms with van der Waals surface area (Å²) in [5.41, 5.74) is 21.8. The van der Waals surface area contributed by atoms with Crippen LogP contribution in [0.3, 0.4) is 0 Å². The minimum Gasteiger partial charge on any atom is -0.310 e. The van der Waals surface area contributed by atoms with Crippen LogP contribution in [0.2, 0.25) is 0 Å². The molecule has 0 saturated heterocycles. The topological polar surface area (TPSA) is 10.9 Å². The van der Waals surface area contributed by atoms with Gasteiger partial charge in [-0.15, -0.1) is 0 Å². The lowest BCUT2D eigenvalue weighted by atomic mass is 9.80. The molecule has 396 valence electrons. The molecule has 0 saturated carbocycles. The van der Waals surface area contributed by atoms with Crippen molar-refractivity contribution in [1.29, 1.82) is 0 Å². The smallest absolute Gasteiger partial charge is 0.0645 e. The molecule has 12 aromatic carbocycles. The zero-order valence-corrected chi connectivity index (χ0v) is 48.0. The van der Waals surface area contributed by atoms with E-state index in [2.05, 4.69) is 318 Å². The van der Waals surface area contributed by atoms with E-state index in [1.165, 1.54) is 121 Å². The molecule has 0 amide bonds. The Morgan fingerprint density at radius 2 is 0.780 bits per heavy atom. The van der Waals surface area contributed by atoms with Gasteiger partial charge in [0, 0.05) is 61.0 Å². The molecule has 15 rings (SSSR count). The third kappa shape index (κ3) is 7.77. The quantitative estimate of drug-likeness (QED) is 0.150. The summed E-state index contributed by atoms with van der Waals surface area (Å²) in [4.78, 5) is 5.02. The highest BCUT2D eigenvalue weighted by molar-refractivity contribution is 6.34. The number of nitrogens with zero attached hydrogens (tertiary/aromatic N) is 3. The molecular formula is C79H65N3. The van der Waals surface area contributed by atoms with Crippen LogP contribution >= 0.6 is 0 Å². The van der Waals surface area contributed by atoms with Crippen LogP contribution in [0.25, 0.3) is 93.0 Å². The molecule has 0 atom stereocenters. The predicted octanol–water partition coefficient (Wildman–Crippen LogP) is 22.3. The minimum absolute atomic E-state index is 0.0817. The number of anilines is 6. The van der Waals surface area contributed by atoms with Crippen molar-refractivity contribution >= 4 is 93.6 Å². The molecule has 2 aromatic heterocycles. The first kappa shape index (κ1) is 49.6. The van der Waals surface area contributed by atoms with Crippen LogP contribution in [-0.2, 0) is 16.2 Å². The Bertz CT molecular complexity index is 4810. The first-order chi connectivity index (χ1) is 39.7. The van der Waals surface area contributed by atoms with E-state index in [9.17, 15) is 0 Å². The monoisotopic (exact) mass is 1060 g/mol. The van der Waals surface area contributed by atoms with Crippen LogP contribution in [0.15, 0.2) is 249 Å². The Labute approximate surface area is 481 Å². The second-order valence-electron chi connectivity index (χ2n) is 25.4. The van der Waals surface area contributed by atoms with E-state index < -0.39 is 0 Å². The van der Waals surface area contributed by atoms with E-state index in [0.717, 1.165) is 28.4 Å². The van der Waals surface area contributed by atoms with Crippen LogP contribution in [0.4, 0.5) is 34.1 Å². The minimum atomic E-state index is -0.312. The highest BCUT2D eigenvalue weighted by Gasteiger charge is 2.43. The van der Waals surface area contributed by atoms with Crippen molar-refractivity contribution in [2.24, 2.45) is 0 Å². The summed E-state index contributed by atoms with van der Waals surface area (Å²) in [7, 11) is 0. The van der Waals surface area contributed by atoms with E-state index in [-0.39, 0.29) is 16.2 Å². The average Bonchev–Trinajstić information content (AvgIpc) is 1.62. The van der Waals surface area contributed by atoms with Gasteiger partial charge >= 0.3 is 0 Å². The van der Waals surface area contributed by atoms with Gasteiger partial charge in [0.2, 0.25) is 0 Å². The van der Waals surface area contributed by atoms with Crippen molar-refractivity contribution in [2.75, 3.05) is 9.80 Å². The van der Waals surface area contributed by atoms with E-state index in [1.54, 1.807) is 0 Å². The van der Waals surface area contributed by atoms with Gasteiger partial charge in [-0.3, -0.25) is 0 Å². The van der Waals surface area contributed by atoms with Crippen LogP contribution in [0.5, 0.6) is 0 Å². The first-order valence-corrected chi connectivity index (χ1v) is 29.1. The molecule has 3 nitrogen and oxygen atoms in total. The summed E-state index contributed by atoms with van der Waals surface area (Å²) in [6.07, 6.45) is 0. The first-order valence-electron chi connectivity index (χ1n) is 29.1. The molecule has 14 aromatic rings. The summed E-state index contributed by atoms with van der Waals surface area (Å²) >= 11 is 0. The number of aromatic nitrogens is 1. The lowest BCUT2D eigenvalue weighted by molar-refractivity contribution is 0.590. The molecule has 2 heterocycles. The van der Waals surface area contributed by atoms with Gasteiger partial charge in [0.15, 0.2) is 0 Å². The standard InChI is InChI=1S/C79H65N3/c1-77(2,3)58-35-25-52(26-36-58)54-29-39-60(40-30-54)80(62-43-33-50-17-9-11-19-56(50)47-62)64-45-46-70-68(49-64)71-65-21-13-14-22-66(65)74(72-73-75(82(70)76(71)72)67-23-15-16-24-69(67)79(73,7)8)81(63-44-34-51-18-10-12-20-57(51)48-63)61-41-31-55(32-42-61)53-27-37-59(38-28-53)78(4,5)6/h9-49H,1-8H3. The van der Waals surface area contributed by atoms with Gasteiger partial charge in [-0.25, -0.2) is 0 Å². The van der Waals surface area contributed by atoms with E-state index in [4.69, 9.17) is 0 Å². The van der Waals surface area contributed by atoms with Gasteiger partial charge in [0.1, 0.15) is 0 Å². The molecule has 82 heavy (non-hydrogen) atoms. The fourth-order valence-corrected chi connectivity index (χ4v) is 13.7. The number of hydrogen-bond acceptors (Lipinski definition) is 2. The summed E-state index contributed by atoms with van der Waals surface area (Å²) in [6, 6.07) is 93.6. The Morgan fingerprint density at radius 1 is 0.354 bits per heavy atom. The predicted molar refractivity (Wildman–Crippen MR) is 351 cm³/mol. The molecule has 0 fully saturated rings. The Kier molecular flexibility index (Phi) is 11.1. The largest absolute Gasteiger partial charge is 0.310 e. The SMILES string of the molecule is CC(C)(C)c1ccc(-c2ccc(N(c3ccc4ccccc4c3)c3ccc4c(c3)c3c5ccccc5c(N(c5ccc(-c6ccc(C(C)(C)C)cc6)cc5)c5ccc6ccccc6c5)c5c6c(n4c53)-c3ccccc3C6(C)C)cc2)cc1. The molecule has 0 aliphatic heterocycles. The number of rotatable bonds is 8. The van der Waals surface area contributed by atoms with Crippen LogP contribution < -0.4 is 9.80 Å². The molecule has 1 aliphatic carbocycles. The highest BCUT2D eigenvalue weighted by atomic mass is 15.2. The van der Waals surface area contributed by atoms with Gasteiger partial charge in [0.05, 0.1) is 22.4 Å². The summed E-state index contributed by atoms with van der Waals surface area (Å²) in [6.45, 7) is 18.5. The molecule has 0 unspecified atom stereocenters. The van der Waals surface area contributed by atoms with Crippen LogP contribution in [0.1, 0.15) is 77.6 Å². The lowest BCUT2D eigenvalue weighted by Crippen LogP contribution is -2.17. The van der Waals surface area contributed by atoms with E-state index in [1.807, 2.05) is 0 Å². The Hall–Kier alpha value is -9.44. The average molecular weight is 1060 g/mol. The second-order valence-corrected chi connectivity index (χ2v) is 25.4. The molecular weight excluding hydrogens is 991 g/mol. The Morgan fingerprint density at radius 3 is 1.33 bits per heavy atom. The zero-order chi connectivity index (χ0) is 55.8. The van der Waals surface area contributed by atoms with Crippen molar-refractivity contribution in [3.05, 3.63) is 271 Å². The van der Waals surface area contributed by atoms with Gasteiger partial charge in [-0.1, -0.05) is 237 Å². The number of hydrogen-bond donors (Lipinski definition) is 0.